The third kappa shape index (κ3) is 3.84. The lowest BCUT2D eigenvalue weighted by atomic mass is 9.95. The molecular weight excluding hydrogens is 224 g/mol. The number of nitrogens with one attached hydrogen (secondary N) is 1. The molecular formula is C15H22N2O. The van der Waals surface area contributed by atoms with E-state index in [-0.39, 0.29) is 5.91 Å². The maximum Gasteiger partial charge on any atom is 0.217 e. The van der Waals surface area contributed by atoms with E-state index in [1.54, 1.807) is 6.92 Å². The second-order valence-electron chi connectivity index (χ2n) is 5.42. The fourth-order valence-corrected chi connectivity index (χ4v) is 2.82. The first-order chi connectivity index (χ1) is 8.63. The van der Waals surface area contributed by atoms with Gasteiger partial charge in [-0.05, 0) is 17.9 Å². The summed E-state index contributed by atoms with van der Waals surface area (Å²) in [6.45, 7) is 6.90. The number of carbonyl (C=O) groups is 1. The van der Waals surface area contributed by atoms with Gasteiger partial charge in [0.25, 0.3) is 0 Å². The molecule has 3 nitrogen and oxygen atoms in total. The molecule has 98 valence electrons. The molecule has 3 heteroatoms. The van der Waals surface area contributed by atoms with E-state index in [1.807, 2.05) is 6.07 Å². The van der Waals surface area contributed by atoms with Gasteiger partial charge >= 0.3 is 0 Å². The van der Waals surface area contributed by atoms with Crippen molar-refractivity contribution in [1.29, 1.82) is 0 Å². The second kappa shape index (κ2) is 6.01. The van der Waals surface area contributed by atoms with E-state index < -0.39 is 0 Å². The van der Waals surface area contributed by atoms with E-state index in [1.165, 1.54) is 5.56 Å². The van der Waals surface area contributed by atoms with Crippen molar-refractivity contribution in [2.45, 2.75) is 32.9 Å². The van der Waals surface area contributed by atoms with Gasteiger partial charge in [0.15, 0.2) is 0 Å². The molecule has 1 saturated heterocycles. The van der Waals surface area contributed by atoms with Crippen molar-refractivity contribution < 1.29 is 4.79 Å². The molecule has 1 aromatic carbocycles. The fraction of sp³-hybridized carbons (Fsp3) is 0.533. The molecule has 1 aromatic rings. The summed E-state index contributed by atoms with van der Waals surface area (Å²) >= 11 is 0. The Balaban J connectivity index is 1.94. The van der Waals surface area contributed by atoms with Gasteiger partial charge < -0.3 is 5.32 Å². The normalized spacial score (nSPS) is 24.8. The molecule has 1 aliphatic rings. The first-order valence-corrected chi connectivity index (χ1v) is 6.67. The van der Waals surface area contributed by atoms with Crippen LogP contribution in [0, 0.1) is 5.92 Å². The van der Waals surface area contributed by atoms with Crippen molar-refractivity contribution in [2.75, 3.05) is 13.1 Å². The molecule has 18 heavy (non-hydrogen) atoms. The second-order valence-corrected chi connectivity index (χ2v) is 5.42. The summed E-state index contributed by atoms with van der Waals surface area (Å²) in [6, 6.07) is 10.8. The molecule has 0 bridgehead atoms. The maximum atomic E-state index is 11.2. The number of amides is 1. The lowest BCUT2D eigenvalue weighted by Crippen LogP contribution is -2.49. The number of rotatable bonds is 3. The average Bonchev–Trinajstić information content (AvgIpc) is 2.28. The number of hydrogen-bond donors (Lipinski definition) is 1. The van der Waals surface area contributed by atoms with Crippen LogP contribution in [-0.2, 0) is 11.3 Å². The van der Waals surface area contributed by atoms with Crippen LogP contribution in [0.15, 0.2) is 30.3 Å². The monoisotopic (exact) mass is 246 g/mol. The van der Waals surface area contributed by atoms with Crippen LogP contribution < -0.4 is 5.32 Å². The van der Waals surface area contributed by atoms with Crippen LogP contribution in [0.25, 0.3) is 0 Å². The molecule has 2 atom stereocenters. The van der Waals surface area contributed by atoms with Gasteiger partial charge in [0, 0.05) is 32.6 Å². The van der Waals surface area contributed by atoms with Crippen LogP contribution >= 0.6 is 0 Å². The van der Waals surface area contributed by atoms with Gasteiger partial charge in [-0.1, -0.05) is 37.3 Å². The predicted molar refractivity (Wildman–Crippen MR) is 73.1 cm³/mol. The highest BCUT2D eigenvalue weighted by Crippen LogP contribution is 2.18. The number of benzene rings is 1. The van der Waals surface area contributed by atoms with Crippen molar-refractivity contribution in [3.05, 3.63) is 35.9 Å². The van der Waals surface area contributed by atoms with Gasteiger partial charge in [-0.25, -0.2) is 0 Å². The van der Waals surface area contributed by atoms with Crippen molar-refractivity contribution in [3.8, 4) is 0 Å². The van der Waals surface area contributed by atoms with Gasteiger partial charge in [-0.2, -0.15) is 0 Å². The van der Waals surface area contributed by atoms with Crippen molar-refractivity contribution in [2.24, 2.45) is 5.92 Å². The molecule has 0 saturated carbocycles. The fourth-order valence-electron chi connectivity index (χ4n) is 2.82. The van der Waals surface area contributed by atoms with Crippen LogP contribution in [0.4, 0.5) is 0 Å². The molecule has 1 heterocycles. The van der Waals surface area contributed by atoms with Crippen LogP contribution in [0.1, 0.15) is 25.8 Å². The Hall–Kier alpha value is -1.35. The quantitative estimate of drug-likeness (QED) is 0.885. The highest BCUT2D eigenvalue weighted by Gasteiger charge is 2.24. The Morgan fingerprint density at radius 3 is 2.72 bits per heavy atom. The van der Waals surface area contributed by atoms with Crippen LogP contribution in [0.5, 0.6) is 0 Å². The minimum atomic E-state index is 0.0776. The first kappa shape index (κ1) is 13.1. The summed E-state index contributed by atoms with van der Waals surface area (Å²) < 4.78 is 0. The van der Waals surface area contributed by atoms with Crippen LogP contribution in [-0.4, -0.2) is 29.9 Å². The zero-order valence-corrected chi connectivity index (χ0v) is 11.2. The summed E-state index contributed by atoms with van der Waals surface area (Å²) in [5, 5.41) is 3.05. The standard InChI is InChI=1S/C15H22N2O/c1-12-8-15(16-13(2)18)11-17(9-12)10-14-6-4-3-5-7-14/h3-7,12,15H,8-11H2,1-2H3,(H,16,18)/t12-,15-/m0/s1. The van der Waals surface area contributed by atoms with Crippen LogP contribution in [0.3, 0.4) is 0 Å². The van der Waals surface area contributed by atoms with Gasteiger partial charge in [-0.15, -0.1) is 0 Å². The lowest BCUT2D eigenvalue weighted by molar-refractivity contribution is -0.120. The minimum Gasteiger partial charge on any atom is -0.352 e. The third-order valence-corrected chi connectivity index (χ3v) is 3.39. The summed E-state index contributed by atoms with van der Waals surface area (Å²) in [5.41, 5.74) is 1.34. The Labute approximate surface area is 109 Å². The van der Waals surface area contributed by atoms with E-state index in [4.69, 9.17) is 0 Å². The summed E-state index contributed by atoms with van der Waals surface area (Å²) in [6.07, 6.45) is 1.09. The number of hydrogen-bond acceptors (Lipinski definition) is 2. The van der Waals surface area contributed by atoms with E-state index in [0.29, 0.717) is 12.0 Å². The largest absolute Gasteiger partial charge is 0.352 e. The number of likely N-dealkylation sites (tertiary alicyclic amines) is 1. The smallest absolute Gasteiger partial charge is 0.217 e. The van der Waals surface area contributed by atoms with Gasteiger partial charge in [-0.3, -0.25) is 9.69 Å². The average molecular weight is 246 g/mol. The van der Waals surface area contributed by atoms with E-state index >= 15 is 0 Å². The minimum absolute atomic E-state index is 0.0776. The molecule has 1 fully saturated rings. The Morgan fingerprint density at radius 1 is 1.33 bits per heavy atom. The van der Waals surface area contributed by atoms with Crippen LogP contribution in [0.2, 0.25) is 0 Å². The van der Waals surface area contributed by atoms with E-state index in [0.717, 1.165) is 26.1 Å². The number of nitrogens with zero attached hydrogens (tertiary/aromatic N) is 1. The summed E-state index contributed by atoms with van der Waals surface area (Å²) in [4.78, 5) is 13.6. The van der Waals surface area contributed by atoms with Crippen molar-refractivity contribution in [3.63, 3.8) is 0 Å². The summed E-state index contributed by atoms with van der Waals surface area (Å²) in [5.74, 6) is 0.716. The summed E-state index contributed by atoms with van der Waals surface area (Å²) in [7, 11) is 0. The Kier molecular flexibility index (Phi) is 4.37. The Morgan fingerprint density at radius 2 is 2.06 bits per heavy atom. The molecule has 0 unspecified atom stereocenters. The molecule has 1 N–H and O–H groups in total. The SMILES string of the molecule is CC(=O)N[C@H]1C[C@H](C)CN(Cc2ccccc2)C1. The van der Waals surface area contributed by atoms with Gasteiger partial charge in [0.1, 0.15) is 0 Å². The zero-order valence-electron chi connectivity index (χ0n) is 11.2. The maximum absolute atomic E-state index is 11.2. The topological polar surface area (TPSA) is 32.3 Å². The lowest BCUT2D eigenvalue weighted by Gasteiger charge is -2.36. The van der Waals surface area contributed by atoms with Crippen molar-refractivity contribution in [1.82, 2.24) is 10.2 Å². The molecule has 2 rings (SSSR count). The molecule has 0 aliphatic carbocycles. The van der Waals surface area contributed by atoms with Crippen molar-refractivity contribution >= 4 is 5.91 Å². The highest BCUT2D eigenvalue weighted by atomic mass is 16.1. The first-order valence-electron chi connectivity index (χ1n) is 6.67. The van der Waals surface area contributed by atoms with Gasteiger partial charge in [0.05, 0.1) is 0 Å². The number of piperidine rings is 1. The number of carbonyl (C=O) groups excluding carboxylic acids is 1. The highest BCUT2D eigenvalue weighted by molar-refractivity contribution is 5.73. The van der Waals surface area contributed by atoms with E-state index in [2.05, 4.69) is 41.4 Å². The molecule has 0 aromatic heterocycles. The molecule has 1 amide bonds. The third-order valence-electron chi connectivity index (χ3n) is 3.39. The molecule has 0 spiro atoms. The zero-order chi connectivity index (χ0) is 13.0. The molecule has 1 aliphatic heterocycles. The van der Waals surface area contributed by atoms with E-state index in [9.17, 15) is 4.79 Å². The Bertz CT molecular complexity index is 391. The predicted octanol–water partition coefficient (Wildman–Crippen LogP) is 2.03. The molecule has 0 radical (unpaired) electrons. The van der Waals surface area contributed by atoms with Gasteiger partial charge in [0.2, 0.25) is 5.91 Å².